The van der Waals surface area contributed by atoms with Gasteiger partial charge >= 0.3 is 6.03 Å². The van der Waals surface area contributed by atoms with E-state index in [0.717, 1.165) is 64.0 Å². The maximum absolute atomic E-state index is 12.5. The number of likely N-dealkylation sites (N-methyl/N-ethyl adjacent to an activating group) is 1. The average molecular weight is 523 g/mol. The number of pyridine rings is 1. The van der Waals surface area contributed by atoms with Crippen molar-refractivity contribution in [3.05, 3.63) is 42.6 Å². The molecule has 38 heavy (non-hydrogen) atoms. The van der Waals surface area contributed by atoms with Crippen molar-refractivity contribution < 1.29 is 15.8 Å². The molecule has 1 unspecified atom stereocenters. The molecule has 2 aromatic rings. The standard InChI is InChI=1S/C29H40N6O3.H2/c1-21(36)34-16-13-24(14-17-34)33(2)26-15-18-35(20-26)25-10-7-22(8-11-25)31-29(37)32-23-9-12-28(30-19-23)38-27-5-3-4-6-27;/h7-12,19,24,26-27H,3-6,13-18,20H2,1-2H3,(H2,31,32,37);1H. The third kappa shape index (κ3) is 6.56. The SMILES string of the molecule is CC(=O)N1CCC(N(C)C2CCN(c3ccc(NC(=O)Nc4ccc(OC5CCCC5)nc4)cc3)C2)CC1.[HH]. The van der Waals surface area contributed by atoms with Crippen LogP contribution in [0.4, 0.5) is 21.9 Å². The number of nitrogens with zero attached hydrogens (tertiary/aromatic N) is 4. The van der Waals surface area contributed by atoms with Gasteiger partial charge in [0.05, 0.1) is 11.9 Å². The zero-order valence-corrected chi connectivity index (χ0v) is 22.6. The highest BCUT2D eigenvalue weighted by Crippen LogP contribution is 2.27. The Kier molecular flexibility index (Phi) is 8.32. The van der Waals surface area contributed by atoms with E-state index in [0.29, 0.717) is 23.7 Å². The van der Waals surface area contributed by atoms with Crippen LogP contribution in [0.5, 0.6) is 5.88 Å². The number of rotatable bonds is 7. The molecule has 9 nitrogen and oxygen atoms in total. The lowest BCUT2D eigenvalue weighted by Gasteiger charge is -2.39. The van der Waals surface area contributed by atoms with Gasteiger partial charge in [-0.15, -0.1) is 0 Å². The molecule has 9 heteroatoms. The second-order valence-electron chi connectivity index (χ2n) is 10.8. The minimum Gasteiger partial charge on any atom is -0.474 e. The smallest absolute Gasteiger partial charge is 0.323 e. The number of urea groups is 1. The van der Waals surface area contributed by atoms with E-state index in [1.54, 1.807) is 19.2 Å². The van der Waals surface area contributed by atoms with Gasteiger partial charge in [-0.05, 0) is 82.3 Å². The Hall–Kier alpha value is -3.33. The van der Waals surface area contributed by atoms with E-state index in [4.69, 9.17) is 4.74 Å². The maximum atomic E-state index is 12.5. The minimum absolute atomic E-state index is 0. The molecule has 1 aromatic heterocycles. The monoisotopic (exact) mass is 522 g/mol. The summed E-state index contributed by atoms with van der Waals surface area (Å²) in [4.78, 5) is 35.3. The summed E-state index contributed by atoms with van der Waals surface area (Å²) < 4.78 is 5.89. The van der Waals surface area contributed by atoms with Gasteiger partial charge in [0.15, 0.2) is 0 Å². The van der Waals surface area contributed by atoms with Gasteiger partial charge in [-0.25, -0.2) is 9.78 Å². The van der Waals surface area contributed by atoms with Crippen LogP contribution in [-0.4, -0.2) is 78.1 Å². The minimum atomic E-state index is -0.303. The van der Waals surface area contributed by atoms with Crippen molar-refractivity contribution in [1.82, 2.24) is 14.8 Å². The van der Waals surface area contributed by atoms with Crippen molar-refractivity contribution in [3.8, 4) is 5.88 Å². The number of hydrogen-bond acceptors (Lipinski definition) is 6. The molecule has 2 saturated heterocycles. The first-order valence-corrected chi connectivity index (χ1v) is 14.0. The number of benzene rings is 1. The molecule has 3 aliphatic rings. The molecule has 1 saturated carbocycles. The quantitative estimate of drug-likeness (QED) is 0.542. The van der Waals surface area contributed by atoms with Crippen LogP contribution in [0.2, 0.25) is 0 Å². The predicted molar refractivity (Wildman–Crippen MR) is 152 cm³/mol. The second kappa shape index (κ2) is 12.0. The number of likely N-dealkylation sites (tertiary alicyclic amines) is 1. The molecule has 206 valence electrons. The zero-order chi connectivity index (χ0) is 26.5. The van der Waals surface area contributed by atoms with Gasteiger partial charge in [-0.3, -0.25) is 9.69 Å². The molecule has 3 amide bonds. The van der Waals surface area contributed by atoms with Crippen LogP contribution in [0.1, 0.15) is 53.3 Å². The Balaban J connectivity index is 0.00000353. The number of carbonyl (C=O) groups excluding carboxylic acids is 2. The number of carbonyl (C=O) groups is 2. The van der Waals surface area contributed by atoms with Crippen LogP contribution in [0.3, 0.4) is 0 Å². The Bertz CT molecular complexity index is 1090. The number of piperidine rings is 1. The van der Waals surface area contributed by atoms with E-state index >= 15 is 0 Å². The highest BCUT2D eigenvalue weighted by atomic mass is 16.5. The lowest BCUT2D eigenvalue weighted by atomic mass is 10.0. The fourth-order valence-electron chi connectivity index (χ4n) is 5.94. The van der Waals surface area contributed by atoms with Crippen LogP contribution in [0.25, 0.3) is 0 Å². The number of amides is 3. The zero-order valence-electron chi connectivity index (χ0n) is 22.6. The summed E-state index contributed by atoms with van der Waals surface area (Å²) in [6.07, 6.45) is 9.70. The topological polar surface area (TPSA) is 90.0 Å². The Morgan fingerprint density at radius 2 is 1.58 bits per heavy atom. The number of nitrogens with one attached hydrogen (secondary N) is 2. The van der Waals surface area contributed by atoms with Crippen molar-refractivity contribution in [3.63, 3.8) is 0 Å². The molecule has 2 aliphatic heterocycles. The van der Waals surface area contributed by atoms with E-state index in [-0.39, 0.29) is 19.5 Å². The normalized spacial score (nSPS) is 20.7. The van der Waals surface area contributed by atoms with Gasteiger partial charge in [0, 0.05) is 64.1 Å². The molecule has 1 aromatic carbocycles. The lowest BCUT2D eigenvalue weighted by Crippen LogP contribution is -2.48. The van der Waals surface area contributed by atoms with Crippen LogP contribution < -0.4 is 20.3 Å². The summed E-state index contributed by atoms with van der Waals surface area (Å²) in [6, 6.07) is 12.4. The molecule has 0 bridgehead atoms. The molecule has 5 rings (SSSR count). The van der Waals surface area contributed by atoms with E-state index < -0.39 is 0 Å². The molecule has 2 N–H and O–H groups in total. The van der Waals surface area contributed by atoms with Gasteiger partial charge < -0.3 is 25.2 Å². The van der Waals surface area contributed by atoms with Crippen molar-refractivity contribution in [1.29, 1.82) is 0 Å². The summed E-state index contributed by atoms with van der Waals surface area (Å²) >= 11 is 0. The summed E-state index contributed by atoms with van der Waals surface area (Å²) in [5, 5.41) is 5.73. The Morgan fingerprint density at radius 3 is 2.24 bits per heavy atom. The molecule has 3 fully saturated rings. The van der Waals surface area contributed by atoms with Crippen molar-refractivity contribution in [2.75, 3.05) is 48.8 Å². The molecule has 0 spiro atoms. The molecular weight excluding hydrogens is 480 g/mol. The van der Waals surface area contributed by atoms with Crippen LogP contribution >= 0.6 is 0 Å². The van der Waals surface area contributed by atoms with E-state index in [1.165, 1.54) is 18.5 Å². The van der Waals surface area contributed by atoms with Gasteiger partial charge in [-0.1, -0.05) is 0 Å². The fourth-order valence-corrected chi connectivity index (χ4v) is 5.94. The van der Waals surface area contributed by atoms with Crippen molar-refractivity contribution in [2.24, 2.45) is 0 Å². The highest BCUT2D eigenvalue weighted by molar-refractivity contribution is 5.99. The lowest BCUT2D eigenvalue weighted by molar-refractivity contribution is -0.130. The average Bonchev–Trinajstić information content (AvgIpc) is 3.63. The highest BCUT2D eigenvalue weighted by Gasteiger charge is 2.32. The van der Waals surface area contributed by atoms with Gasteiger partial charge in [0.2, 0.25) is 11.8 Å². The third-order valence-electron chi connectivity index (χ3n) is 8.30. The number of anilines is 3. The summed E-state index contributed by atoms with van der Waals surface area (Å²) in [5.41, 5.74) is 2.53. The van der Waals surface area contributed by atoms with Crippen LogP contribution in [-0.2, 0) is 4.79 Å². The van der Waals surface area contributed by atoms with Crippen LogP contribution in [0, 0.1) is 0 Å². The van der Waals surface area contributed by atoms with Gasteiger partial charge in [0.25, 0.3) is 0 Å². The van der Waals surface area contributed by atoms with Crippen molar-refractivity contribution in [2.45, 2.75) is 70.1 Å². The van der Waals surface area contributed by atoms with Crippen LogP contribution in [0.15, 0.2) is 42.6 Å². The molecule has 0 radical (unpaired) electrons. The molecule has 1 atom stereocenters. The largest absolute Gasteiger partial charge is 0.474 e. The van der Waals surface area contributed by atoms with Gasteiger partial charge in [-0.2, -0.15) is 0 Å². The summed E-state index contributed by atoms with van der Waals surface area (Å²) in [7, 11) is 2.24. The maximum Gasteiger partial charge on any atom is 0.323 e. The Labute approximate surface area is 227 Å². The first-order valence-electron chi connectivity index (χ1n) is 14.0. The number of ether oxygens (including phenoxy) is 1. The molecule has 3 heterocycles. The molecule has 1 aliphatic carbocycles. The predicted octanol–water partition coefficient (Wildman–Crippen LogP) is 4.81. The van der Waals surface area contributed by atoms with E-state index in [9.17, 15) is 9.59 Å². The fraction of sp³-hybridized carbons (Fsp3) is 0.552. The first-order chi connectivity index (χ1) is 18.4. The third-order valence-corrected chi connectivity index (χ3v) is 8.30. The van der Waals surface area contributed by atoms with Gasteiger partial charge in [0.1, 0.15) is 6.10 Å². The number of aromatic nitrogens is 1. The number of hydrogen-bond donors (Lipinski definition) is 2. The Morgan fingerprint density at radius 1 is 0.921 bits per heavy atom. The molecular formula is C29H42N6O3. The van der Waals surface area contributed by atoms with E-state index in [2.05, 4.69) is 44.6 Å². The summed E-state index contributed by atoms with van der Waals surface area (Å²) in [5.74, 6) is 0.788. The van der Waals surface area contributed by atoms with E-state index in [1.807, 2.05) is 23.1 Å². The first kappa shape index (κ1) is 26.3. The second-order valence-corrected chi connectivity index (χ2v) is 10.8. The van der Waals surface area contributed by atoms with Crippen molar-refractivity contribution >= 4 is 29.0 Å². The summed E-state index contributed by atoms with van der Waals surface area (Å²) in [6.45, 7) is 5.39.